The largest absolute Gasteiger partial charge is 0.396 e. The molecule has 0 saturated carbocycles. The van der Waals surface area contributed by atoms with Crippen LogP contribution in [0.15, 0.2) is 12.2 Å². The lowest BCUT2D eigenvalue weighted by molar-refractivity contribution is 0.0325. The predicted molar refractivity (Wildman–Crippen MR) is 53.7 cm³/mol. The van der Waals surface area contributed by atoms with E-state index in [2.05, 4.69) is 12.2 Å². The normalized spacial score (nSPS) is 26.4. The van der Waals surface area contributed by atoms with Crippen molar-refractivity contribution in [2.45, 2.75) is 44.6 Å². The summed E-state index contributed by atoms with van der Waals surface area (Å²) in [6, 6.07) is 0. The van der Waals surface area contributed by atoms with Gasteiger partial charge in [-0.3, -0.25) is 0 Å². The summed E-state index contributed by atoms with van der Waals surface area (Å²) in [5.41, 5.74) is 0. The lowest BCUT2D eigenvalue weighted by Crippen LogP contribution is -2.14. The molecule has 1 unspecified atom stereocenters. The standard InChI is InChI=1S/C11H20O2/c12-9-6-10-13-11-7-4-2-1-3-5-8-11/h1-2,11-12H,3-10H2/b2-1+. The highest BCUT2D eigenvalue weighted by atomic mass is 16.5. The molecule has 2 heteroatoms. The Morgan fingerprint density at radius 2 is 2.08 bits per heavy atom. The molecular weight excluding hydrogens is 164 g/mol. The number of rotatable bonds is 4. The molecule has 1 aliphatic rings. The van der Waals surface area contributed by atoms with Crippen LogP contribution in [0.25, 0.3) is 0 Å². The van der Waals surface area contributed by atoms with E-state index in [-0.39, 0.29) is 6.61 Å². The Hall–Kier alpha value is -0.340. The summed E-state index contributed by atoms with van der Waals surface area (Å²) in [5, 5.41) is 8.61. The number of ether oxygens (including phenoxy) is 1. The maximum Gasteiger partial charge on any atom is 0.0578 e. The third kappa shape index (κ3) is 5.06. The fourth-order valence-corrected chi connectivity index (χ4v) is 1.61. The van der Waals surface area contributed by atoms with E-state index in [4.69, 9.17) is 9.84 Å². The molecule has 0 spiro atoms. The van der Waals surface area contributed by atoms with E-state index < -0.39 is 0 Å². The van der Waals surface area contributed by atoms with Gasteiger partial charge in [0.2, 0.25) is 0 Å². The van der Waals surface area contributed by atoms with Crippen LogP contribution in [0.2, 0.25) is 0 Å². The molecule has 0 bridgehead atoms. The third-order valence-electron chi connectivity index (χ3n) is 2.37. The van der Waals surface area contributed by atoms with Gasteiger partial charge in [0.05, 0.1) is 6.10 Å². The summed E-state index contributed by atoms with van der Waals surface area (Å²) < 4.78 is 5.66. The predicted octanol–water partition coefficient (Wildman–Crippen LogP) is 2.27. The number of aliphatic hydroxyl groups is 1. The second-order valence-corrected chi connectivity index (χ2v) is 3.55. The Morgan fingerprint density at radius 1 is 1.23 bits per heavy atom. The van der Waals surface area contributed by atoms with E-state index in [0.29, 0.717) is 12.7 Å². The van der Waals surface area contributed by atoms with Gasteiger partial charge in [-0.05, 0) is 38.5 Å². The van der Waals surface area contributed by atoms with Crippen LogP contribution < -0.4 is 0 Å². The van der Waals surface area contributed by atoms with Crippen LogP contribution in [0.4, 0.5) is 0 Å². The summed E-state index contributed by atoms with van der Waals surface area (Å²) >= 11 is 0. The maximum absolute atomic E-state index is 8.61. The number of hydrogen-bond donors (Lipinski definition) is 1. The molecule has 0 heterocycles. The van der Waals surface area contributed by atoms with Crippen molar-refractivity contribution in [3.63, 3.8) is 0 Å². The van der Waals surface area contributed by atoms with Crippen LogP contribution in [-0.4, -0.2) is 24.4 Å². The first kappa shape index (κ1) is 10.7. The van der Waals surface area contributed by atoms with Crippen molar-refractivity contribution in [1.29, 1.82) is 0 Å². The highest BCUT2D eigenvalue weighted by molar-refractivity contribution is 4.85. The fourth-order valence-electron chi connectivity index (χ4n) is 1.61. The van der Waals surface area contributed by atoms with Crippen LogP contribution in [0.3, 0.4) is 0 Å². The minimum Gasteiger partial charge on any atom is -0.396 e. The van der Waals surface area contributed by atoms with E-state index >= 15 is 0 Å². The Labute approximate surface area is 80.6 Å². The van der Waals surface area contributed by atoms with E-state index in [1.165, 1.54) is 19.3 Å². The fraction of sp³-hybridized carbons (Fsp3) is 0.818. The average Bonchev–Trinajstić information content (AvgIpc) is 2.08. The Kier molecular flexibility index (Phi) is 5.87. The number of aliphatic hydroxyl groups excluding tert-OH is 1. The van der Waals surface area contributed by atoms with Gasteiger partial charge >= 0.3 is 0 Å². The van der Waals surface area contributed by atoms with Gasteiger partial charge < -0.3 is 9.84 Å². The van der Waals surface area contributed by atoms with Crippen molar-refractivity contribution in [2.24, 2.45) is 0 Å². The number of allylic oxidation sites excluding steroid dienone is 2. The van der Waals surface area contributed by atoms with E-state index in [1.54, 1.807) is 0 Å². The van der Waals surface area contributed by atoms with E-state index in [9.17, 15) is 0 Å². The summed E-state index contributed by atoms with van der Waals surface area (Å²) in [7, 11) is 0. The van der Waals surface area contributed by atoms with E-state index in [1.807, 2.05) is 0 Å². The molecule has 0 aromatic heterocycles. The molecule has 1 rings (SSSR count). The summed E-state index contributed by atoms with van der Waals surface area (Å²) in [6.07, 6.45) is 11.6. The molecule has 0 aromatic rings. The quantitative estimate of drug-likeness (QED) is 0.536. The molecule has 13 heavy (non-hydrogen) atoms. The van der Waals surface area contributed by atoms with Crippen molar-refractivity contribution in [3.05, 3.63) is 12.2 Å². The molecule has 0 radical (unpaired) electrons. The SMILES string of the molecule is OCCCOC1CC/C=C/CCC1. The van der Waals surface area contributed by atoms with Crippen molar-refractivity contribution in [1.82, 2.24) is 0 Å². The molecule has 0 fully saturated rings. The Balaban J connectivity index is 2.12. The monoisotopic (exact) mass is 184 g/mol. The highest BCUT2D eigenvalue weighted by Crippen LogP contribution is 2.15. The minimum atomic E-state index is 0.243. The lowest BCUT2D eigenvalue weighted by atomic mass is 10.0. The zero-order valence-corrected chi connectivity index (χ0v) is 8.24. The zero-order chi connectivity index (χ0) is 9.36. The Morgan fingerprint density at radius 3 is 2.92 bits per heavy atom. The first-order valence-corrected chi connectivity index (χ1v) is 5.31. The van der Waals surface area contributed by atoms with Gasteiger partial charge in [-0.2, -0.15) is 0 Å². The second-order valence-electron chi connectivity index (χ2n) is 3.55. The molecule has 0 aliphatic heterocycles. The van der Waals surface area contributed by atoms with Crippen molar-refractivity contribution in [2.75, 3.05) is 13.2 Å². The average molecular weight is 184 g/mol. The van der Waals surface area contributed by atoms with Crippen LogP contribution in [0, 0.1) is 0 Å². The first-order valence-electron chi connectivity index (χ1n) is 5.31. The highest BCUT2D eigenvalue weighted by Gasteiger charge is 2.08. The smallest absolute Gasteiger partial charge is 0.0578 e. The molecule has 0 saturated heterocycles. The molecule has 1 atom stereocenters. The van der Waals surface area contributed by atoms with Gasteiger partial charge in [0, 0.05) is 13.2 Å². The van der Waals surface area contributed by atoms with Crippen LogP contribution in [-0.2, 0) is 4.74 Å². The van der Waals surface area contributed by atoms with Crippen molar-refractivity contribution in [3.8, 4) is 0 Å². The lowest BCUT2D eigenvalue weighted by Gasteiger charge is -2.18. The van der Waals surface area contributed by atoms with Gasteiger partial charge in [-0.15, -0.1) is 0 Å². The third-order valence-corrected chi connectivity index (χ3v) is 2.37. The molecule has 1 N–H and O–H groups in total. The Bertz CT molecular complexity index is 143. The summed E-state index contributed by atoms with van der Waals surface area (Å²) in [6.45, 7) is 0.956. The minimum absolute atomic E-state index is 0.243. The van der Waals surface area contributed by atoms with E-state index in [0.717, 1.165) is 19.3 Å². The molecule has 2 nitrogen and oxygen atoms in total. The van der Waals surface area contributed by atoms with Crippen LogP contribution >= 0.6 is 0 Å². The van der Waals surface area contributed by atoms with Crippen LogP contribution in [0.5, 0.6) is 0 Å². The molecule has 1 aliphatic carbocycles. The van der Waals surface area contributed by atoms with Gasteiger partial charge in [0.25, 0.3) is 0 Å². The van der Waals surface area contributed by atoms with Gasteiger partial charge in [-0.1, -0.05) is 12.2 Å². The molecule has 0 aromatic carbocycles. The number of hydrogen-bond acceptors (Lipinski definition) is 2. The van der Waals surface area contributed by atoms with Crippen molar-refractivity contribution >= 4 is 0 Å². The molecule has 0 amide bonds. The topological polar surface area (TPSA) is 29.5 Å². The van der Waals surface area contributed by atoms with Gasteiger partial charge in [0.1, 0.15) is 0 Å². The van der Waals surface area contributed by atoms with Crippen molar-refractivity contribution < 1.29 is 9.84 Å². The first-order chi connectivity index (χ1) is 6.43. The molecule has 76 valence electrons. The van der Waals surface area contributed by atoms with Gasteiger partial charge in [-0.25, -0.2) is 0 Å². The van der Waals surface area contributed by atoms with Gasteiger partial charge in [0.15, 0.2) is 0 Å². The summed E-state index contributed by atoms with van der Waals surface area (Å²) in [5.74, 6) is 0. The zero-order valence-electron chi connectivity index (χ0n) is 8.24. The maximum atomic E-state index is 8.61. The summed E-state index contributed by atoms with van der Waals surface area (Å²) in [4.78, 5) is 0. The molecular formula is C11H20O2. The van der Waals surface area contributed by atoms with Crippen LogP contribution in [0.1, 0.15) is 38.5 Å². The second kappa shape index (κ2) is 7.10.